The number of pyridine rings is 2. The number of benzene rings is 3. The van der Waals surface area contributed by atoms with Crippen LogP contribution in [0.2, 0.25) is 0 Å². The fourth-order valence-corrected chi connectivity index (χ4v) is 8.80. The first-order chi connectivity index (χ1) is 36.7. The van der Waals surface area contributed by atoms with Gasteiger partial charge in [0, 0.05) is 56.6 Å². The number of halogens is 6. The van der Waals surface area contributed by atoms with Crippen LogP contribution in [0.15, 0.2) is 96.0 Å². The molecule has 2 fully saturated rings. The SMILES string of the molecule is Cc1cc(-c2cnc3c(N(CC(F)F)C(=O)OC(C)(C)C)cc(Br)cn23)ccc1C(=O)NC1CC1.Cc1cc(-c2cnc3c(N(CC(F)F)C(=O)OC(C)(C)C)cc(Oc4cccc(F)c4C)cn23)ccc1C(=O)NC1CC1. The number of anilines is 2. The van der Waals surface area contributed by atoms with Crippen molar-refractivity contribution in [3.63, 3.8) is 0 Å². The number of amides is 4. The van der Waals surface area contributed by atoms with Crippen LogP contribution in [0, 0.1) is 26.6 Å². The molecule has 412 valence electrons. The normalized spacial score (nSPS) is 13.6. The molecule has 2 aliphatic carbocycles. The Morgan fingerprint density at radius 2 is 1.12 bits per heavy atom. The van der Waals surface area contributed by atoms with Crippen LogP contribution in [0.5, 0.6) is 11.5 Å². The minimum absolute atomic E-state index is 0.0181. The molecule has 0 atom stereocenters. The summed E-state index contributed by atoms with van der Waals surface area (Å²) in [5, 5.41) is 5.98. The quantitative estimate of drug-likeness (QED) is 0.101. The summed E-state index contributed by atoms with van der Waals surface area (Å²) in [7, 11) is 0. The summed E-state index contributed by atoms with van der Waals surface area (Å²) in [4.78, 5) is 61.9. The molecule has 2 aliphatic rings. The lowest BCUT2D eigenvalue weighted by Gasteiger charge is -2.27. The minimum atomic E-state index is -2.88. The number of rotatable bonds is 14. The molecule has 9 rings (SSSR count). The molecule has 4 aromatic heterocycles. The Kier molecular flexibility index (Phi) is 16.6. The van der Waals surface area contributed by atoms with Crippen LogP contribution in [0.3, 0.4) is 0 Å². The first kappa shape index (κ1) is 56.6. The molecule has 3 aromatic carbocycles. The van der Waals surface area contributed by atoms with E-state index in [0.717, 1.165) is 52.2 Å². The van der Waals surface area contributed by atoms with Crippen molar-refractivity contribution < 1.29 is 55.3 Å². The summed E-state index contributed by atoms with van der Waals surface area (Å²) in [6.07, 6.45) is 2.93. The average molecular weight is 1140 g/mol. The number of carbonyl (C=O) groups excluding carboxylic acids is 4. The molecular formula is C57H60BrF5N8O7. The van der Waals surface area contributed by atoms with Gasteiger partial charge in [0.2, 0.25) is 0 Å². The van der Waals surface area contributed by atoms with Gasteiger partial charge in [-0.2, -0.15) is 0 Å². The fraction of sp³-hybridized carbons (Fsp3) is 0.368. The van der Waals surface area contributed by atoms with Gasteiger partial charge in [0.1, 0.15) is 28.5 Å². The molecule has 4 heterocycles. The van der Waals surface area contributed by atoms with E-state index >= 15 is 0 Å². The van der Waals surface area contributed by atoms with Crippen LogP contribution >= 0.6 is 15.9 Å². The first-order valence-corrected chi connectivity index (χ1v) is 26.0. The number of nitrogens with one attached hydrogen (secondary N) is 2. The number of carbonyl (C=O) groups is 4. The highest BCUT2D eigenvalue weighted by Crippen LogP contribution is 2.37. The third-order valence-corrected chi connectivity index (χ3v) is 12.8. The maximum absolute atomic E-state index is 14.3. The fourth-order valence-electron chi connectivity index (χ4n) is 8.38. The second-order valence-electron chi connectivity index (χ2n) is 21.3. The van der Waals surface area contributed by atoms with Crippen LogP contribution in [0.25, 0.3) is 33.8 Å². The lowest BCUT2D eigenvalue weighted by atomic mass is 10.0. The molecule has 0 spiro atoms. The van der Waals surface area contributed by atoms with Gasteiger partial charge in [-0.1, -0.05) is 18.2 Å². The van der Waals surface area contributed by atoms with Gasteiger partial charge in [-0.3, -0.25) is 28.2 Å². The summed E-state index contributed by atoms with van der Waals surface area (Å²) < 4.78 is 89.6. The molecule has 21 heteroatoms. The Bertz CT molecular complexity index is 3420. The first-order valence-electron chi connectivity index (χ1n) is 25.2. The molecule has 2 N–H and O–H groups in total. The molecule has 7 aromatic rings. The summed E-state index contributed by atoms with van der Waals surface area (Å²) in [5.41, 5.74) is 4.57. The Balaban J connectivity index is 0.000000210. The van der Waals surface area contributed by atoms with E-state index in [2.05, 4.69) is 36.5 Å². The van der Waals surface area contributed by atoms with Crippen LogP contribution in [0.1, 0.15) is 105 Å². The molecule has 0 saturated heterocycles. The minimum Gasteiger partial charge on any atom is -0.455 e. The lowest BCUT2D eigenvalue weighted by Crippen LogP contribution is -2.40. The summed E-state index contributed by atoms with van der Waals surface area (Å²) in [5.74, 6) is -0.355. The highest BCUT2D eigenvalue weighted by atomic mass is 79.9. The van der Waals surface area contributed by atoms with Crippen molar-refractivity contribution in [3.8, 4) is 34.0 Å². The number of hydrogen-bond donors (Lipinski definition) is 2. The number of aryl methyl sites for hydroxylation is 2. The summed E-state index contributed by atoms with van der Waals surface area (Å²) in [6, 6.07) is 18.6. The monoisotopic (exact) mass is 1140 g/mol. The van der Waals surface area contributed by atoms with Crippen LogP contribution in [0.4, 0.5) is 42.9 Å². The molecule has 78 heavy (non-hydrogen) atoms. The summed E-state index contributed by atoms with van der Waals surface area (Å²) >= 11 is 3.43. The van der Waals surface area contributed by atoms with Gasteiger partial charge < -0.3 is 24.8 Å². The topological polar surface area (TPSA) is 161 Å². The van der Waals surface area contributed by atoms with Gasteiger partial charge >= 0.3 is 12.2 Å². The van der Waals surface area contributed by atoms with Crippen molar-refractivity contribution >= 4 is 62.6 Å². The number of aromatic nitrogens is 4. The van der Waals surface area contributed by atoms with Crippen molar-refractivity contribution in [1.82, 2.24) is 29.4 Å². The zero-order valence-corrected chi connectivity index (χ0v) is 46.1. The zero-order chi connectivity index (χ0) is 56.5. The Morgan fingerprint density at radius 3 is 1.54 bits per heavy atom. The zero-order valence-electron chi connectivity index (χ0n) is 44.5. The van der Waals surface area contributed by atoms with E-state index in [1.807, 2.05) is 32.0 Å². The Morgan fingerprint density at radius 1 is 0.667 bits per heavy atom. The van der Waals surface area contributed by atoms with Crippen LogP contribution < -0.4 is 25.2 Å². The van der Waals surface area contributed by atoms with E-state index in [-0.39, 0.29) is 58.0 Å². The van der Waals surface area contributed by atoms with Crippen molar-refractivity contribution in [2.24, 2.45) is 0 Å². The second kappa shape index (κ2) is 22.8. The highest BCUT2D eigenvalue weighted by molar-refractivity contribution is 9.10. The maximum atomic E-state index is 14.3. The Hall–Kier alpha value is -7.55. The molecule has 4 amide bonds. The van der Waals surface area contributed by atoms with Crippen LogP contribution in [-0.4, -0.2) is 92.0 Å². The van der Waals surface area contributed by atoms with Crippen molar-refractivity contribution in [2.75, 3.05) is 22.9 Å². The van der Waals surface area contributed by atoms with Gasteiger partial charge in [0.25, 0.3) is 24.7 Å². The Labute approximate surface area is 456 Å². The molecule has 0 bridgehead atoms. The largest absolute Gasteiger partial charge is 0.455 e. The van der Waals surface area contributed by atoms with E-state index in [9.17, 15) is 41.1 Å². The van der Waals surface area contributed by atoms with Gasteiger partial charge in [0.05, 0.1) is 54.4 Å². The molecule has 15 nitrogen and oxygen atoms in total. The van der Waals surface area contributed by atoms with Crippen LogP contribution in [-0.2, 0) is 9.47 Å². The number of ether oxygens (including phenoxy) is 3. The predicted octanol–water partition coefficient (Wildman–Crippen LogP) is 13.4. The van der Waals surface area contributed by atoms with Gasteiger partial charge in [0.15, 0.2) is 11.3 Å². The van der Waals surface area contributed by atoms with Gasteiger partial charge in [-0.25, -0.2) is 41.5 Å². The molecule has 2 saturated carbocycles. The van der Waals surface area contributed by atoms with Gasteiger partial charge in [-0.15, -0.1) is 0 Å². The highest BCUT2D eigenvalue weighted by Gasteiger charge is 2.32. The maximum Gasteiger partial charge on any atom is 0.415 e. The third-order valence-electron chi connectivity index (χ3n) is 12.4. The second-order valence-corrected chi connectivity index (χ2v) is 22.2. The van der Waals surface area contributed by atoms with Gasteiger partial charge in [-0.05, 0) is 158 Å². The van der Waals surface area contributed by atoms with E-state index in [1.165, 1.54) is 18.2 Å². The van der Waals surface area contributed by atoms with Crippen molar-refractivity contribution in [1.29, 1.82) is 0 Å². The van der Waals surface area contributed by atoms with E-state index in [4.69, 9.17) is 14.2 Å². The lowest BCUT2D eigenvalue weighted by molar-refractivity contribution is 0.0536. The standard InChI is InChI=1S/C32H33F3N4O4.C25H27BrF2N4O3/c1-18-13-20(9-12-23(18)30(40)37-21-10-11-21)26-15-36-29-25(39(17-28(34)35)31(41)43-32(3,4)5)14-22(16-38(26)29)42-27-8-6-7-24(33)19(27)2;1-14-9-15(5-8-18(14)23(33)30-17-6-7-17)20-11-29-22-19(10-16(26)12-31(20)22)32(13-21(27)28)24(34)35-25(2,3)4/h6-9,12-16,21,28H,10-11,17H2,1-5H3,(H,37,40);5,8-12,17,21H,6-7,13H2,1-4H3,(H,30,33). The average Bonchev–Trinajstić information content (AvgIpc) is 4.31. The predicted molar refractivity (Wildman–Crippen MR) is 290 cm³/mol. The number of nitrogens with zero attached hydrogens (tertiary/aromatic N) is 6. The number of imidazole rings is 2. The number of alkyl halides is 4. The van der Waals surface area contributed by atoms with Crippen molar-refractivity contribution in [2.45, 2.75) is 124 Å². The third kappa shape index (κ3) is 13.8. The number of hydrogen-bond acceptors (Lipinski definition) is 9. The molecule has 0 aliphatic heterocycles. The van der Waals surface area contributed by atoms with E-state index in [0.29, 0.717) is 38.2 Å². The molecule has 0 radical (unpaired) electrons. The smallest absolute Gasteiger partial charge is 0.415 e. The molecule has 0 unspecified atom stereocenters. The van der Waals surface area contributed by atoms with Crippen molar-refractivity contribution in [3.05, 3.63) is 130 Å². The molecular weight excluding hydrogens is 1080 g/mol. The van der Waals surface area contributed by atoms with E-state index < -0.39 is 55.1 Å². The van der Waals surface area contributed by atoms with E-state index in [1.54, 1.807) is 112 Å². The number of fused-ring (bicyclic) bond motifs is 2. The summed E-state index contributed by atoms with van der Waals surface area (Å²) in [6.45, 7) is 13.4.